The van der Waals surface area contributed by atoms with E-state index >= 15 is 0 Å². The first-order valence-corrected chi connectivity index (χ1v) is 5.62. The molecule has 2 saturated heterocycles. The van der Waals surface area contributed by atoms with Gasteiger partial charge in [-0.25, -0.2) is 0 Å². The van der Waals surface area contributed by atoms with E-state index in [0.29, 0.717) is 0 Å². The van der Waals surface area contributed by atoms with Gasteiger partial charge in [0, 0.05) is 18.1 Å². The molecule has 0 radical (unpaired) electrons. The highest BCUT2D eigenvalue weighted by Crippen LogP contribution is 2.44. The molecule has 1 saturated carbocycles. The normalized spacial score (nSPS) is 48.2. The minimum atomic E-state index is 0.992. The Balaban J connectivity index is 1.78. The minimum absolute atomic E-state index is 0.992. The van der Waals surface area contributed by atoms with Crippen LogP contribution >= 0.6 is 0 Å². The molecule has 0 amide bonds. The van der Waals surface area contributed by atoms with E-state index in [2.05, 4.69) is 11.8 Å². The van der Waals surface area contributed by atoms with Gasteiger partial charge in [-0.15, -0.1) is 0 Å². The van der Waals surface area contributed by atoms with Gasteiger partial charge in [-0.3, -0.25) is 4.90 Å². The quantitative estimate of drug-likeness (QED) is 0.576. The molecule has 3 fully saturated rings. The Morgan fingerprint density at radius 3 is 1.83 bits per heavy atom. The minimum Gasteiger partial charge on any atom is -0.294 e. The van der Waals surface area contributed by atoms with Crippen molar-refractivity contribution in [2.24, 2.45) is 5.92 Å². The summed E-state index contributed by atoms with van der Waals surface area (Å²) in [4.78, 5) is 2.88. The Morgan fingerprint density at radius 2 is 1.33 bits per heavy atom. The van der Waals surface area contributed by atoms with Crippen molar-refractivity contribution in [1.82, 2.24) is 4.90 Å². The first-order chi connectivity index (χ1) is 5.84. The van der Waals surface area contributed by atoms with Crippen LogP contribution in [-0.4, -0.2) is 23.0 Å². The van der Waals surface area contributed by atoms with E-state index in [4.69, 9.17) is 0 Å². The van der Waals surface area contributed by atoms with E-state index in [9.17, 15) is 0 Å². The molecule has 3 aliphatic rings. The van der Waals surface area contributed by atoms with Crippen LogP contribution in [0.25, 0.3) is 0 Å². The zero-order valence-corrected chi connectivity index (χ0v) is 8.00. The molecular formula is C11H19N. The lowest BCUT2D eigenvalue weighted by atomic mass is 9.92. The predicted octanol–water partition coefficient (Wildman–Crippen LogP) is 2.41. The van der Waals surface area contributed by atoms with Gasteiger partial charge in [-0.1, -0.05) is 6.92 Å². The van der Waals surface area contributed by atoms with Crippen molar-refractivity contribution in [1.29, 1.82) is 0 Å². The van der Waals surface area contributed by atoms with Gasteiger partial charge in [0.05, 0.1) is 0 Å². The molecule has 0 aromatic heterocycles. The van der Waals surface area contributed by atoms with Crippen LogP contribution in [0.2, 0.25) is 0 Å². The lowest BCUT2D eigenvalue weighted by Crippen LogP contribution is -2.43. The summed E-state index contributed by atoms with van der Waals surface area (Å²) in [7, 11) is 0. The maximum atomic E-state index is 2.88. The Morgan fingerprint density at radius 1 is 0.833 bits per heavy atom. The second kappa shape index (κ2) is 2.47. The van der Waals surface area contributed by atoms with Crippen molar-refractivity contribution in [2.45, 2.75) is 63.6 Å². The predicted molar refractivity (Wildman–Crippen MR) is 50.1 cm³/mol. The number of nitrogens with zero attached hydrogens (tertiary/aromatic N) is 1. The van der Waals surface area contributed by atoms with Gasteiger partial charge in [0.15, 0.2) is 0 Å². The van der Waals surface area contributed by atoms with E-state index in [1.807, 2.05) is 0 Å². The van der Waals surface area contributed by atoms with Crippen LogP contribution in [0.3, 0.4) is 0 Å². The fourth-order valence-electron chi connectivity index (χ4n) is 3.45. The highest BCUT2D eigenvalue weighted by Gasteiger charge is 2.45. The Bertz CT molecular complexity index is 171. The molecule has 2 bridgehead atoms. The van der Waals surface area contributed by atoms with Crippen LogP contribution in [0, 0.1) is 5.92 Å². The van der Waals surface area contributed by atoms with Crippen molar-refractivity contribution in [3.05, 3.63) is 0 Å². The maximum Gasteiger partial charge on any atom is 0.0104 e. The molecule has 68 valence electrons. The number of hydrogen-bond donors (Lipinski definition) is 0. The molecule has 12 heavy (non-hydrogen) atoms. The molecule has 3 rings (SSSR count). The molecule has 2 atom stereocenters. The highest BCUT2D eigenvalue weighted by molar-refractivity contribution is 5.01. The molecule has 0 aromatic carbocycles. The Labute approximate surface area is 75.1 Å². The summed E-state index contributed by atoms with van der Waals surface area (Å²) < 4.78 is 0. The molecule has 1 aliphatic carbocycles. The number of piperidine rings is 1. The van der Waals surface area contributed by atoms with E-state index in [1.165, 1.54) is 38.5 Å². The summed E-state index contributed by atoms with van der Waals surface area (Å²) in [5, 5.41) is 0. The maximum absolute atomic E-state index is 2.88. The summed E-state index contributed by atoms with van der Waals surface area (Å²) in [5.41, 5.74) is 0. The zero-order valence-electron chi connectivity index (χ0n) is 8.00. The molecule has 1 nitrogen and oxygen atoms in total. The molecule has 0 spiro atoms. The number of hydrogen-bond acceptors (Lipinski definition) is 1. The van der Waals surface area contributed by atoms with Crippen molar-refractivity contribution >= 4 is 0 Å². The first kappa shape index (κ1) is 7.37. The molecular weight excluding hydrogens is 146 g/mol. The summed E-state index contributed by atoms with van der Waals surface area (Å²) in [6.45, 7) is 2.44. The van der Waals surface area contributed by atoms with Gasteiger partial charge >= 0.3 is 0 Å². The van der Waals surface area contributed by atoms with Gasteiger partial charge in [-0.2, -0.15) is 0 Å². The van der Waals surface area contributed by atoms with Crippen molar-refractivity contribution in [3.63, 3.8) is 0 Å². The van der Waals surface area contributed by atoms with Crippen LogP contribution in [-0.2, 0) is 0 Å². The van der Waals surface area contributed by atoms with Gasteiger partial charge in [0.25, 0.3) is 0 Å². The third kappa shape index (κ3) is 1.02. The Hall–Kier alpha value is -0.0400. The fraction of sp³-hybridized carbons (Fsp3) is 1.00. The highest BCUT2D eigenvalue weighted by atomic mass is 15.3. The molecule has 2 heterocycles. The first-order valence-electron chi connectivity index (χ1n) is 5.62. The third-order valence-corrected chi connectivity index (χ3v) is 3.99. The smallest absolute Gasteiger partial charge is 0.0104 e. The monoisotopic (exact) mass is 165 g/mol. The summed E-state index contributed by atoms with van der Waals surface area (Å²) in [5.74, 6) is 1.01. The van der Waals surface area contributed by atoms with Crippen molar-refractivity contribution in [3.8, 4) is 0 Å². The second-order valence-electron chi connectivity index (χ2n) is 5.14. The molecule has 1 heteroatoms. The van der Waals surface area contributed by atoms with Crippen LogP contribution in [0.4, 0.5) is 0 Å². The standard InChI is InChI=1S/C11H19N/c1-8-6-10-4-5-11(7-8)12(10)9-2-3-9/h8-11H,2-7H2,1H3. The molecule has 0 aromatic rings. The largest absolute Gasteiger partial charge is 0.294 e. The van der Waals surface area contributed by atoms with Gasteiger partial charge in [-0.05, 0) is 44.4 Å². The molecule has 2 unspecified atom stereocenters. The zero-order chi connectivity index (χ0) is 8.13. The van der Waals surface area contributed by atoms with Gasteiger partial charge < -0.3 is 0 Å². The number of rotatable bonds is 1. The topological polar surface area (TPSA) is 3.24 Å². The van der Waals surface area contributed by atoms with Gasteiger partial charge in [0.1, 0.15) is 0 Å². The average Bonchev–Trinajstić information content (AvgIpc) is 2.80. The van der Waals surface area contributed by atoms with Crippen LogP contribution in [0.15, 0.2) is 0 Å². The van der Waals surface area contributed by atoms with E-state index in [-0.39, 0.29) is 0 Å². The lowest BCUT2D eigenvalue weighted by Gasteiger charge is -2.38. The fourth-order valence-corrected chi connectivity index (χ4v) is 3.45. The van der Waals surface area contributed by atoms with Crippen LogP contribution in [0.5, 0.6) is 0 Å². The third-order valence-electron chi connectivity index (χ3n) is 3.99. The molecule has 2 aliphatic heterocycles. The Kier molecular flexibility index (Phi) is 1.52. The SMILES string of the molecule is CC1CC2CCC(C1)N2C1CC1. The molecule has 0 N–H and O–H groups in total. The van der Waals surface area contributed by atoms with Crippen LogP contribution in [0.1, 0.15) is 45.4 Å². The summed E-state index contributed by atoms with van der Waals surface area (Å²) in [6, 6.07) is 3.01. The van der Waals surface area contributed by atoms with Gasteiger partial charge in [0.2, 0.25) is 0 Å². The van der Waals surface area contributed by atoms with E-state index < -0.39 is 0 Å². The summed E-state index contributed by atoms with van der Waals surface area (Å²) >= 11 is 0. The number of fused-ring (bicyclic) bond motifs is 2. The van der Waals surface area contributed by atoms with Crippen molar-refractivity contribution < 1.29 is 0 Å². The lowest BCUT2D eigenvalue weighted by molar-refractivity contribution is 0.102. The van der Waals surface area contributed by atoms with Crippen molar-refractivity contribution in [2.75, 3.05) is 0 Å². The van der Waals surface area contributed by atoms with E-state index in [1.54, 1.807) is 0 Å². The van der Waals surface area contributed by atoms with E-state index in [0.717, 1.165) is 24.0 Å². The second-order valence-corrected chi connectivity index (χ2v) is 5.14. The van der Waals surface area contributed by atoms with Crippen LogP contribution < -0.4 is 0 Å². The summed E-state index contributed by atoms with van der Waals surface area (Å²) in [6.07, 6.45) is 9.00. The average molecular weight is 165 g/mol.